The van der Waals surface area contributed by atoms with Gasteiger partial charge in [0.15, 0.2) is 0 Å². The molecule has 68 valence electrons. The van der Waals surface area contributed by atoms with Crippen molar-refractivity contribution in [1.82, 2.24) is 4.98 Å². The molecule has 13 heavy (non-hydrogen) atoms. The van der Waals surface area contributed by atoms with Crippen molar-refractivity contribution in [1.29, 1.82) is 5.26 Å². The Hall–Kier alpha value is -1.40. The third kappa shape index (κ3) is 2.04. The Morgan fingerprint density at radius 1 is 1.54 bits per heavy atom. The lowest BCUT2D eigenvalue weighted by Crippen LogP contribution is -2.18. The molecule has 0 aliphatic carbocycles. The van der Waals surface area contributed by atoms with Crippen molar-refractivity contribution < 1.29 is 0 Å². The maximum Gasteiger partial charge on any atom is 0.0996 e. The van der Waals surface area contributed by atoms with E-state index in [2.05, 4.69) is 11.1 Å². The highest BCUT2D eigenvalue weighted by Crippen LogP contribution is 2.20. The third-order valence-electron chi connectivity index (χ3n) is 2.05. The second kappa shape index (κ2) is 4.01. The highest BCUT2D eigenvalue weighted by molar-refractivity contribution is 5.37. The molecule has 0 aromatic carbocycles. The molecule has 3 heteroatoms. The highest BCUT2D eigenvalue weighted by atomic mass is 14.7. The maximum absolute atomic E-state index is 8.82. The Balaban J connectivity index is 3.07. The molecular weight excluding hydrogens is 162 g/mol. The lowest BCUT2D eigenvalue weighted by atomic mass is 9.95. The Bertz CT molecular complexity index is 325. The first-order chi connectivity index (χ1) is 6.16. The van der Waals surface area contributed by atoms with E-state index in [4.69, 9.17) is 11.0 Å². The van der Waals surface area contributed by atoms with Gasteiger partial charge in [0.25, 0.3) is 0 Å². The van der Waals surface area contributed by atoms with Crippen LogP contribution in [-0.4, -0.2) is 4.98 Å². The number of nitrogens with two attached hydrogens (primary N) is 1. The third-order valence-corrected chi connectivity index (χ3v) is 2.05. The second-order valence-corrected chi connectivity index (χ2v) is 3.34. The van der Waals surface area contributed by atoms with E-state index < -0.39 is 0 Å². The molecule has 0 amide bonds. The largest absolute Gasteiger partial charge is 0.324 e. The topological polar surface area (TPSA) is 62.7 Å². The molecule has 0 saturated heterocycles. The summed E-state index contributed by atoms with van der Waals surface area (Å²) in [4.78, 5) is 3.97. The molecule has 0 saturated carbocycles. The average molecular weight is 175 g/mol. The molecule has 0 spiro atoms. The Morgan fingerprint density at radius 2 is 2.23 bits per heavy atom. The molecular formula is C10H13N3. The van der Waals surface area contributed by atoms with Crippen LogP contribution in [0.1, 0.15) is 31.0 Å². The van der Waals surface area contributed by atoms with Gasteiger partial charge in [0.2, 0.25) is 0 Å². The first-order valence-corrected chi connectivity index (χ1v) is 4.26. The maximum atomic E-state index is 8.82. The summed E-state index contributed by atoms with van der Waals surface area (Å²) >= 11 is 0. The molecule has 0 unspecified atom stereocenters. The van der Waals surface area contributed by atoms with Crippen LogP contribution >= 0.6 is 0 Å². The molecule has 0 aliphatic rings. The number of nitriles is 1. The molecule has 1 atom stereocenters. The van der Waals surface area contributed by atoms with Crippen molar-refractivity contribution in [3.8, 4) is 6.07 Å². The van der Waals surface area contributed by atoms with Crippen LogP contribution in [0.25, 0.3) is 0 Å². The van der Waals surface area contributed by atoms with Crippen molar-refractivity contribution in [3.05, 3.63) is 29.6 Å². The van der Waals surface area contributed by atoms with Crippen molar-refractivity contribution in [2.45, 2.75) is 19.9 Å². The van der Waals surface area contributed by atoms with Gasteiger partial charge in [0.05, 0.1) is 11.6 Å². The molecule has 1 aromatic rings. The van der Waals surface area contributed by atoms with Gasteiger partial charge < -0.3 is 5.73 Å². The van der Waals surface area contributed by atoms with Gasteiger partial charge in [-0.25, -0.2) is 0 Å². The number of rotatable bonds is 2. The summed E-state index contributed by atoms with van der Waals surface area (Å²) in [5, 5.41) is 8.82. The van der Waals surface area contributed by atoms with Gasteiger partial charge in [-0.3, -0.25) is 4.98 Å². The Kier molecular flexibility index (Phi) is 2.99. The highest BCUT2D eigenvalue weighted by Gasteiger charge is 2.13. The van der Waals surface area contributed by atoms with Crippen LogP contribution < -0.4 is 5.73 Å². The first kappa shape index (κ1) is 9.69. The molecule has 0 bridgehead atoms. The van der Waals surface area contributed by atoms with Crippen molar-refractivity contribution >= 4 is 0 Å². The standard InChI is InChI=1S/C10H13N3/c1-7(2)10(12)9-6-13-4-3-8(9)5-11/h3-4,6-7,10H,12H2,1-2H3/t10-/m1/s1. The van der Waals surface area contributed by atoms with Gasteiger partial charge in [-0.2, -0.15) is 5.26 Å². The second-order valence-electron chi connectivity index (χ2n) is 3.34. The zero-order valence-electron chi connectivity index (χ0n) is 7.86. The SMILES string of the molecule is CC(C)[C@@H](N)c1cnccc1C#N. The first-order valence-electron chi connectivity index (χ1n) is 4.26. The van der Waals surface area contributed by atoms with Crippen LogP contribution in [0.5, 0.6) is 0 Å². The molecule has 0 radical (unpaired) electrons. The van der Waals surface area contributed by atoms with E-state index in [1.54, 1.807) is 18.5 Å². The van der Waals surface area contributed by atoms with Gasteiger partial charge in [0.1, 0.15) is 0 Å². The number of hydrogen-bond acceptors (Lipinski definition) is 3. The van der Waals surface area contributed by atoms with Gasteiger partial charge in [-0.1, -0.05) is 13.8 Å². The Morgan fingerprint density at radius 3 is 2.77 bits per heavy atom. The molecule has 0 aliphatic heterocycles. The van der Waals surface area contributed by atoms with E-state index in [9.17, 15) is 0 Å². The zero-order valence-corrected chi connectivity index (χ0v) is 7.86. The van der Waals surface area contributed by atoms with E-state index in [-0.39, 0.29) is 6.04 Å². The smallest absolute Gasteiger partial charge is 0.0996 e. The van der Waals surface area contributed by atoms with Gasteiger partial charge in [0, 0.05) is 24.0 Å². The van der Waals surface area contributed by atoms with E-state index in [0.717, 1.165) is 5.56 Å². The van der Waals surface area contributed by atoms with Crippen molar-refractivity contribution in [3.63, 3.8) is 0 Å². The molecule has 3 nitrogen and oxygen atoms in total. The van der Waals surface area contributed by atoms with E-state index >= 15 is 0 Å². The number of pyridine rings is 1. The summed E-state index contributed by atoms with van der Waals surface area (Å²) in [6.45, 7) is 4.05. The van der Waals surface area contributed by atoms with Crippen molar-refractivity contribution in [2.75, 3.05) is 0 Å². The predicted molar refractivity (Wildman–Crippen MR) is 50.7 cm³/mol. The van der Waals surface area contributed by atoms with Crippen LogP contribution in [0.15, 0.2) is 18.5 Å². The molecule has 1 heterocycles. The normalized spacial score (nSPS) is 12.5. The number of aromatic nitrogens is 1. The summed E-state index contributed by atoms with van der Waals surface area (Å²) in [5.74, 6) is 0.316. The summed E-state index contributed by atoms with van der Waals surface area (Å²) < 4.78 is 0. The molecule has 0 fully saturated rings. The van der Waals surface area contributed by atoms with Crippen LogP contribution in [0.2, 0.25) is 0 Å². The summed E-state index contributed by atoms with van der Waals surface area (Å²) in [5.41, 5.74) is 7.38. The van der Waals surface area contributed by atoms with E-state index in [1.165, 1.54) is 0 Å². The summed E-state index contributed by atoms with van der Waals surface area (Å²) in [6.07, 6.45) is 3.28. The quantitative estimate of drug-likeness (QED) is 0.742. The number of nitrogens with zero attached hydrogens (tertiary/aromatic N) is 2. The monoisotopic (exact) mass is 175 g/mol. The van der Waals surface area contributed by atoms with E-state index in [0.29, 0.717) is 11.5 Å². The predicted octanol–water partition coefficient (Wildman–Crippen LogP) is 1.61. The minimum Gasteiger partial charge on any atom is -0.324 e. The fourth-order valence-corrected chi connectivity index (χ4v) is 1.13. The molecule has 1 aromatic heterocycles. The fourth-order valence-electron chi connectivity index (χ4n) is 1.13. The van der Waals surface area contributed by atoms with Crippen molar-refractivity contribution in [2.24, 2.45) is 11.7 Å². The molecule has 2 N–H and O–H groups in total. The van der Waals surface area contributed by atoms with Crippen LogP contribution in [0, 0.1) is 17.2 Å². The van der Waals surface area contributed by atoms with Crippen LogP contribution in [0.3, 0.4) is 0 Å². The zero-order chi connectivity index (χ0) is 9.84. The average Bonchev–Trinajstić information content (AvgIpc) is 2.16. The van der Waals surface area contributed by atoms with Gasteiger partial charge in [-0.05, 0) is 12.0 Å². The van der Waals surface area contributed by atoms with Gasteiger partial charge in [-0.15, -0.1) is 0 Å². The fraction of sp³-hybridized carbons (Fsp3) is 0.400. The lowest BCUT2D eigenvalue weighted by molar-refractivity contribution is 0.512. The van der Waals surface area contributed by atoms with Crippen LogP contribution in [-0.2, 0) is 0 Å². The minimum atomic E-state index is -0.108. The molecule has 1 rings (SSSR count). The Labute approximate surface area is 78.2 Å². The van der Waals surface area contributed by atoms with Crippen LogP contribution in [0.4, 0.5) is 0 Å². The summed E-state index contributed by atoms with van der Waals surface area (Å²) in [6, 6.07) is 3.70. The van der Waals surface area contributed by atoms with E-state index in [1.807, 2.05) is 13.8 Å². The van der Waals surface area contributed by atoms with Gasteiger partial charge >= 0.3 is 0 Å². The lowest BCUT2D eigenvalue weighted by Gasteiger charge is -2.16. The minimum absolute atomic E-state index is 0.108. The summed E-state index contributed by atoms with van der Waals surface area (Å²) in [7, 11) is 0. The number of hydrogen-bond donors (Lipinski definition) is 1.